The Morgan fingerprint density at radius 3 is 2.45 bits per heavy atom. The molecule has 2 aromatic carbocycles. The van der Waals surface area contributed by atoms with Crippen molar-refractivity contribution in [2.24, 2.45) is 0 Å². The van der Waals surface area contributed by atoms with Gasteiger partial charge in [-0.25, -0.2) is 0 Å². The molecular formula is C21H24N6OS. The number of carbonyl (C=O) groups excluding carboxylic acids is 1. The molecule has 0 saturated carbocycles. The van der Waals surface area contributed by atoms with E-state index < -0.39 is 0 Å². The van der Waals surface area contributed by atoms with Gasteiger partial charge in [0.1, 0.15) is 5.82 Å². The molecule has 3 aromatic rings. The molecule has 0 saturated heterocycles. The van der Waals surface area contributed by atoms with Crippen LogP contribution < -0.4 is 16.4 Å². The Labute approximate surface area is 174 Å². The smallest absolute Gasteiger partial charge is 0.232 e. The largest absolute Gasteiger partial charge is 0.368 e. The number of carbonyl (C=O) groups is 1. The van der Waals surface area contributed by atoms with E-state index in [0.717, 1.165) is 12.1 Å². The van der Waals surface area contributed by atoms with Gasteiger partial charge in [0.15, 0.2) is 0 Å². The van der Waals surface area contributed by atoms with Crippen LogP contribution in [0.5, 0.6) is 0 Å². The van der Waals surface area contributed by atoms with Gasteiger partial charge >= 0.3 is 0 Å². The van der Waals surface area contributed by atoms with E-state index in [1.807, 2.05) is 55.5 Å². The quantitative estimate of drug-likeness (QED) is 0.499. The molecule has 7 nitrogen and oxygen atoms in total. The highest BCUT2D eigenvalue weighted by molar-refractivity contribution is 7.99. The number of nitrogens with two attached hydrogens (primary N) is 1. The van der Waals surface area contributed by atoms with Crippen molar-refractivity contribution >= 4 is 35.3 Å². The van der Waals surface area contributed by atoms with E-state index in [2.05, 4.69) is 37.7 Å². The van der Waals surface area contributed by atoms with Crippen molar-refractivity contribution in [3.63, 3.8) is 0 Å². The fourth-order valence-electron chi connectivity index (χ4n) is 2.60. The van der Waals surface area contributed by atoms with Crippen molar-refractivity contribution in [2.45, 2.75) is 24.3 Å². The van der Waals surface area contributed by atoms with E-state index >= 15 is 0 Å². The number of hydrogen-bond acceptors (Lipinski definition) is 7. The number of aromatic nitrogens is 3. The lowest BCUT2D eigenvalue weighted by molar-refractivity contribution is -0.120. The van der Waals surface area contributed by atoms with Gasteiger partial charge in [0.2, 0.25) is 17.8 Å². The number of para-hydroxylation sites is 1. The third kappa shape index (κ3) is 6.76. The Balaban J connectivity index is 1.48. The first-order chi connectivity index (χ1) is 14.1. The number of amides is 1. The van der Waals surface area contributed by atoms with Gasteiger partial charge in [0, 0.05) is 12.2 Å². The van der Waals surface area contributed by atoms with E-state index in [0.29, 0.717) is 24.1 Å². The highest BCUT2D eigenvalue weighted by Crippen LogP contribution is 2.18. The molecule has 4 N–H and O–H groups in total. The molecule has 0 aliphatic rings. The van der Waals surface area contributed by atoms with Crippen molar-refractivity contribution in [1.29, 1.82) is 0 Å². The predicted molar refractivity (Wildman–Crippen MR) is 118 cm³/mol. The van der Waals surface area contributed by atoms with Crippen LogP contribution >= 0.6 is 11.8 Å². The lowest BCUT2D eigenvalue weighted by atomic mass is 10.1. The normalized spacial score (nSPS) is 11.6. The zero-order valence-corrected chi connectivity index (χ0v) is 17.0. The molecule has 1 heterocycles. The van der Waals surface area contributed by atoms with Crippen molar-refractivity contribution in [3.05, 3.63) is 72.1 Å². The Hall–Kier alpha value is -3.13. The monoisotopic (exact) mass is 408 g/mol. The second-order valence-corrected chi connectivity index (χ2v) is 7.73. The van der Waals surface area contributed by atoms with E-state index in [1.165, 1.54) is 17.3 Å². The second-order valence-electron chi connectivity index (χ2n) is 6.40. The number of nitrogens with zero attached hydrogens (tertiary/aromatic N) is 3. The lowest BCUT2D eigenvalue weighted by Gasteiger charge is -2.12. The molecule has 150 valence electrons. The number of benzene rings is 2. The molecule has 0 aliphatic heterocycles. The number of nitrogen functional groups attached to an aromatic ring is 1. The first-order valence-corrected chi connectivity index (χ1v) is 10.4. The summed E-state index contributed by atoms with van der Waals surface area (Å²) in [5.74, 6) is 1.53. The highest BCUT2D eigenvalue weighted by atomic mass is 32.2. The van der Waals surface area contributed by atoms with Crippen LogP contribution in [-0.2, 0) is 17.0 Å². The summed E-state index contributed by atoms with van der Waals surface area (Å²) in [6.45, 7) is 2.48. The van der Waals surface area contributed by atoms with Gasteiger partial charge in [-0.3, -0.25) is 4.79 Å². The summed E-state index contributed by atoms with van der Waals surface area (Å²) in [4.78, 5) is 25.0. The zero-order chi connectivity index (χ0) is 20.5. The molecule has 1 aromatic heterocycles. The van der Waals surface area contributed by atoms with Gasteiger partial charge in [-0.15, -0.1) is 11.8 Å². The maximum atomic E-state index is 12.3. The third-order valence-corrected chi connectivity index (χ3v) is 5.26. The van der Waals surface area contributed by atoms with Crippen molar-refractivity contribution in [3.8, 4) is 0 Å². The summed E-state index contributed by atoms with van der Waals surface area (Å²) in [6.07, 6.45) is 0.808. The molecule has 0 radical (unpaired) electrons. The Morgan fingerprint density at radius 1 is 1.03 bits per heavy atom. The molecule has 0 aliphatic carbocycles. The zero-order valence-electron chi connectivity index (χ0n) is 16.2. The van der Waals surface area contributed by atoms with Crippen LogP contribution in [0.15, 0.2) is 60.7 Å². The predicted octanol–water partition coefficient (Wildman–Crippen LogP) is 3.18. The molecule has 1 unspecified atom stereocenters. The van der Waals surface area contributed by atoms with Gasteiger partial charge in [0.05, 0.1) is 11.0 Å². The maximum absolute atomic E-state index is 12.3. The van der Waals surface area contributed by atoms with Crippen LogP contribution in [0.3, 0.4) is 0 Å². The Morgan fingerprint density at radius 2 is 1.72 bits per heavy atom. The van der Waals surface area contributed by atoms with Crippen LogP contribution in [0.25, 0.3) is 0 Å². The summed E-state index contributed by atoms with van der Waals surface area (Å²) in [7, 11) is 0. The number of hydrogen-bond donors (Lipinski definition) is 3. The number of nitrogens with one attached hydrogen (secondary N) is 2. The van der Waals surface area contributed by atoms with Gasteiger partial charge in [0.25, 0.3) is 0 Å². The van der Waals surface area contributed by atoms with Crippen molar-refractivity contribution < 1.29 is 4.79 Å². The molecular weight excluding hydrogens is 384 g/mol. The minimum Gasteiger partial charge on any atom is -0.368 e. The van der Waals surface area contributed by atoms with Crippen LogP contribution in [0.1, 0.15) is 18.3 Å². The van der Waals surface area contributed by atoms with Gasteiger partial charge < -0.3 is 16.4 Å². The van der Waals surface area contributed by atoms with Crippen LogP contribution in [-0.4, -0.2) is 32.7 Å². The summed E-state index contributed by atoms with van der Waals surface area (Å²) in [5, 5.41) is 5.85. The van der Waals surface area contributed by atoms with Gasteiger partial charge in [-0.05, 0) is 31.0 Å². The molecule has 1 amide bonds. The SMILES string of the molecule is CC(SCc1nc(N)nc(Nc2ccccc2)n1)C(=O)NCCc1ccccc1. The van der Waals surface area contributed by atoms with Crippen LogP contribution in [0, 0.1) is 0 Å². The van der Waals surface area contributed by atoms with Gasteiger partial charge in [-0.2, -0.15) is 15.0 Å². The highest BCUT2D eigenvalue weighted by Gasteiger charge is 2.14. The van der Waals surface area contributed by atoms with E-state index in [9.17, 15) is 4.79 Å². The molecule has 3 rings (SSSR count). The number of thioether (sulfide) groups is 1. The number of anilines is 3. The fourth-order valence-corrected chi connectivity index (χ4v) is 3.37. The van der Waals surface area contributed by atoms with Crippen LogP contribution in [0.4, 0.5) is 17.6 Å². The third-order valence-electron chi connectivity index (χ3n) is 4.12. The minimum atomic E-state index is -0.228. The summed E-state index contributed by atoms with van der Waals surface area (Å²) in [6, 6.07) is 19.7. The average molecular weight is 409 g/mol. The first-order valence-electron chi connectivity index (χ1n) is 9.36. The summed E-state index contributed by atoms with van der Waals surface area (Å²) < 4.78 is 0. The molecule has 0 fully saturated rings. The fraction of sp³-hybridized carbons (Fsp3) is 0.238. The molecule has 29 heavy (non-hydrogen) atoms. The van der Waals surface area contributed by atoms with Crippen LogP contribution in [0.2, 0.25) is 0 Å². The Bertz CT molecular complexity index is 923. The topological polar surface area (TPSA) is 106 Å². The van der Waals surface area contributed by atoms with Gasteiger partial charge in [-0.1, -0.05) is 48.5 Å². The second kappa shape index (κ2) is 10.4. The first kappa shape index (κ1) is 20.6. The molecule has 1 atom stereocenters. The van der Waals surface area contributed by atoms with E-state index in [4.69, 9.17) is 5.73 Å². The Kier molecular flexibility index (Phi) is 7.40. The summed E-state index contributed by atoms with van der Waals surface area (Å²) in [5.41, 5.74) is 7.87. The summed E-state index contributed by atoms with van der Waals surface area (Å²) >= 11 is 1.46. The lowest BCUT2D eigenvalue weighted by Crippen LogP contribution is -2.32. The average Bonchev–Trinajstić information content (AvgIpc) is 2.73. The standard InChI is InChI=1S/C21H24N6OS/c1-15(19(28)23-13-12-16-8-4-2-5-9-16)29-14-18-25-20(22)27-21(26-18)24-17-10-6-3-7-11-17/h2-11,15H,12-14H2,1H3,(H,23,28)(H3,22,24,25,26,27). The van der Waals surface area contributed by atoms with E-state index in [1.54, 1.807) is 0 Å². The van der Waals surface area contributed by atoms with E-state index in [-0.39, 0.29) is 17.1 Å². The van der Waals surface area contributed by atoms with Crippen molar-refractivity contribution in [2.75, 3.05) is 17.6 Å². The number of rotatable bonds is 9. The molecule has 0 spiro atoms. The van der Waals surface area contributed by atoms with Crippen molar-refractivity contribution in [1.82, 2.24) is 20.3 Å². The maximum Gasteiger partial charge on any atom is 0.232 e. The molecule has 8 heteroatoms. The minimum absolute atomic E-state index is 0.00408. The molecule has 0 bridgehead atoms.